The van der Waals surface area contributed by atoms with Crippen LogP contribution in [0.25, 0.3) is 0 Å². The van der Waals surface area contributed by atoms with Gasteiger partial charge in [-0.15, -0.1) is 6.58 Å². The van der Waals surface area contributed by atoms with Crippen molar-refractivity contribution >= 4 is 5.69 Å². The third kappa shape index (κ3) is 8.12. The van der Waals surface area contributed by atoms with Gasteiger partial charge in [0.2, 0.25) is 0 Å². The Morgan fingerprint density at radius 3 is 2.75 bits per heavy atom. The number of hydrogen-bond donors (Lipinski definition) is 1. The fraction of sp³-hybridized carbons (Fsp3) is 0.577. The van der Waals surface area contributed by atoms with E-state index in [0.717, 1.165) is 25.2 Å². The fourth-order valence-corrected chi connectivity index (χ4v) is 4.25. The lowest BCUT2D eigenvalue weighted by Crippen LogP contribution is -2.42. The fourth-order valence-electron chi connectivity index (χ4n) is 4.25. The van der Waals surface area contributed by atoms with Crippen molar-refractivity contribution in [1.29, 1.82) is 5.26 Å². The predicted molar refractivity (Wildman–Crippen MR) is 133 cm³/mol. The molecular weight excluding hydrogens is 396 g/mol. The van der Waals surface area contributed by atoms with E-state index in [1.807, 2.05) is 42.4 Å². The molecule has 6 heteroatoms. The van der Waals surface area contributed by atoms with Crippen LogP contribution in [0.2, 0.25) is 0 Å². The number of nitriles is 1. The molecule has 0 saturated heterocycles. The Labute approximate surface area is 194 Å². The van der Waals surface area contributed by atoms with Gasteiger partial charge >= 0.3 is 0 Å². The Morgan fingerprint density at radius 2 is 2.09 bits per heavy atom. The van der Waals surface area contributed by atoms with Gasteiger partial charge in [-0.25, -0.2) is 0 Å². The summed E-state index contributed by atoms with van der Waals surface area (Å²) in [7, 11) is 1.98. The van der Waals surface area contributed by atoms with Crippen molar-refractivity contribution in [1.82, 2.24) is 9.91 Å². The summed E-state index contributed by atoms with van der Waals surface area (Å²) in [6, 6.07) is 10.6. The van der Waals surface area contributed by atoms with E-state index in [0.29, 0.717) is 11.6 Å². The second-order valence-electron chi connectivity index (χ2n) is 8.71. The maximum atomic E-state index is 9.16. The van der Waals surface area contributed by atoms with Crippen LogP contribution in [0.5, 0.6) is 0 Å². The summed E-state index contributed by atoms with van der Waals surface area (Å²) in [4.78, 5) is 2.43. The van der Waals surface area contributed by atoms with Crippen LogP contribution in [-0.2, 0) is 0 Å². The second kappa shape index (κ2) is 13.7. The minimum absolute atomic E-state index is 0.0402. The number of nitrogens with zero attached hydrogens (tertiary/aromatic N) is 5. The third-order valence-electron chi connectivity index (χ3n) is 6.31. The summed E-state index contributed by atoms with van der Waals surface area (Å²) >= 11 is 0. The van der Waals surface area contributed by atoms with Crippen LogP contribution in [0.3, 0.4) is 0 Å². The van der Waals surface area contributed by atoms with E-state index in [4.69, 9.17) is 5.26 Å². The van der Waals surface area contributed by atoms with E-state index >= 15 is 0 Å². The van der Waals surface area contributed by atoms with E-state index in [2.05, 4.69) is 60.0 Å². The van der Waals surface area contributed by atoms with Crippen LogP contribution >= 0.6 is 0 Å². The van der Waals surface area contributed by atoms with E-state index < -0.39 is 0 Å². The quantitative estimate of drug-likeness (QED) is 0.242. The molecule has 0 spiro atoms. The molecule has 1 aliphatic rings. The van der Waals surface area contributed by atoms with Crippen molar-refractivity contribution in [2.24, 2.45) is 10.3 Å². The van der Waals surface area contributed by atoms with Crippen molar-refractivity contribution in [2.75, 3.05) is 25.5 Å². The zero-order valence-corrected chi connectivity index (χ0v) is 20.3. The number of rotatable bonds is 12. The Morgan fingerprint density at radius 1 is 1.34 bits per heavy atom. The minimum Gasteiger partial charge on any atom is -0.378 e. The molecule has 174 valence electrons. The molecule has 0 heterocycles. The summed E-state index contributed by atoms with van der Waals surface area (Å²) in [5.41, 5.74) is 2.88. The van der Waals surface area contributed by atoms with Gasteiger partial charge in [0.05, 0.1) is 11.6 Å². The first-order valence-corrected chi connectivity index (χ1v) is 11.9. The lowest BCUT2D eigenvalue weighted by molar-refractivity contribution is 0.121. The van der Waals surface area contributed by atoms with Crippen LogP contribution in [-0.4, -0.2) is 48.3 Å². The zero-order valence-electron chi connectivity index (χ0n) is 20.3. The smallest absolute Gasteiger partial charge is 0.123 e. The monoisotopic (exact) mass is 436 g/mol. The standard InChI is InChI=1S/C26H40N6/c1-6-17-32(25-14-9-8-10-15-25)22(4)29-30-31(5)18-16-26(21(3)7-2)28-24-13-11-12-23(19-24)20-27/h6-7,11-13,19,22,25-26,28H,1,8-10,14-18H2,2-5H3/b21-7+,30-29?. The molecule has 0 aromatic heterocycles. The predicted octanol–water partition coefficient (Wildman–Crippen LogP) is 6.16. The number of anilines is 1. The Balaban J connectivity index is 1.94. The van der Waals surface area contributed by atoms with Gasteiger partial charge in [0, 0.05) is 37.9 Å². The molecule has 1 fully saturated rings. The molecule has 1 aromatic carbocycles. The summed E-state index contributed by atoms with van der Waals surface area (Å²) in [6.45, 7) is 11.9. The lowest BCUT2D eigenvalue weighted by Gasteiger charge is -2.35. The molecule has 1 aliphatic carbocycles. The second-order valence-corrected chi connectivity index (χ2v) is 8.71. The van der Waals surface area contributed by atoms with Gasteiger partial charge < -0.3 is 5.32 Å². The van der Waals surface area contributed by atoms with Crippen LogP contribution in [0.15, 0.2) is 58.9 Å². The molecule has 0 amide bonds. The summed E-state index contributed by atoms with van der Waals surface area (Å²) < 4.78 is 0. The molecule has 0 radical (unpaired) electrons. The maximum absolute atomic E-state index is 9.16. The average molecular weight is 437 g/mol. The van der Waals surface area contributed by atoms with E-state index in [-0.39, 0.29) is 12.2 Å². The number of hydrogen-bond acceptors (Lipinski definition) is 5. The highest BCUT2D eigenvalue weighted by Gasteiger charge is 2.24. The first kappa shape index (κ1) is 25.6. The molecular formula is C26H40N6. The van der Waals surface area contributed by atoms with E-state index in [1.54, 1.807) is 0 Å². The molecule has 2 unspecified atom stereocenters. The molecule has 1 saturated carbocycles. The zero-order chi connectivity index (χ0) is 23.3. The van der Waals surface area contributed by atoms with Gasteiger partial charge in [-0.3, -0.25) is 9.91 Å². The first-order chi connectivity index (χ1) is 15.5. The number of benzene rings is 1. The first-order valence-electron chi connectivity index (χ1n) is 11.9. The normalized spacial score (nSPS) is 17.2. The molecule has 1 aromatic rings. The topological polar surface area (TPSA) is 67.0 Å². The largest absolute Gasteiger partial charge is 0.378 e. The van der Waals surface area contributed by atoms with Crippen LogP contribution < -0.4 is 5.32 Å². The minimum atomic E-state index is 0.0402. The van der Waals surface area contributed by atoms with Gasteiger partial charge in [-0.2, -0.15) is 10.4 Å². The lowest BCUT2D eigenvalue weighted by atomic mass is 9.94. The van der Waals surface area contributed by atoms with Crippen molar-refractivity contribution in [3.8, 4) is 6.07 Å². The highest BCUT2D eigenvalue weighted by molar-refractivity contribution is 5.50. The third-order valence-corrected chi connectivity index (χ3v) is 6.31. The van der Waals surface area contributed by atoms with Gasteiger partial charge in [-0.1, -0.05) is 48.3 Å². The molecule has 2 rings (SSSR count). The molecule has 32 heavy (non-hydrogen) atoms. The highest BCUT2D eigenvalue weighted by atomic mass is 15.5. The van der Waals surface area contributed by atoms with E-state index in [1.165, 1.54) is 37.7 Å². The summed E-state index contributed by atoms with van der Waals surface area (Å²) in [5.74, 6) is 0. The van der Waals surface area contributed by atoms with Crippen molar-refractivity contribution in [3.05, 3.63) is 54.1 Å². The highest BCUT2D eigenvalue weighted by Crippen LogP contribution is 2.24. The SMILES string of the molecule is C=CCN(C1CCCCC1)C(C)N=NN(C)CCC(Nc1cccc(C#N)c1)/C(C)=C/C. The average Bonchev–Trinajstić information content (AvgIpc) is 2.83. The van der Waals surface area contributed by atoms with Crippen LogP contribution in [0.1, 0.15) is 64.9 Å². The number of allylic oxidation sites excluding steroid dienone is 1. The van der Waals surface area contributed by atoms with Gasteiger partial charge in [0.1, 0.15) is 6.17 Å². The van der Waals surface area contributed by atoms with Gasteiger partial charge in [-0.05, 0) is 58.2 Å². The Kier molecular flexibility index (Phi) is 11.0. The van der Waals surface area contributed by atoms with Crippen LogP contribution in [0, 0.1) is 11.3 Å². The van der Waals surface area contributed by atoms with Crippen molar-refractivity contribution < 1.29 is 0 Å². The van der Waals surface area contributed by atoms with Crippen molar-refractivity contribution in [2.45, 2.75) is 77.5 Å². The summed E-state index contributed by atoms with van der Waals surface area (Å²) in [6.07, 6.45) is 11.5. The Hall–Kier alpha value is -2.65. The summed E-state index contributed by atoms with van der Waals surface area (Å²) in [5, 5.41) is 23.8. The van der Waals surface area contributed by atoms with Crippen molar-refractivity contribution in [3.63, 3.8) is 0 Å². The van der Waals surface area contributed by atoms with Crippen LogP contribution in [0.4, 0.5) is 5.69 Å². The molecule has 2 atom stereocenters. The Bertz CT molecular complexity index is 803. The maximum Gasteiger partial charge on any atom is 0.123 e. The van der Waals surface area contributed by atoms with E-state index in [9.17, 15) is 0 Å². The molecule has 6 nitrogen and oxygen atoms in total. The van der Waals surface area contributed by atoms with Gasteiger partial charge in [0.25, 0.3) is 0 Å². The molecule has 0 aliphatic heterocycles. The number of nitrogens with one attached hydrogen (secondary N) is 1. The molecule has 1 N–H and O–H groups in total. The van der Waals surface area contributed by atoms with Gasteiger partial charge in [0.15, 0.2) is 0 Å². The molecule has 0 bridgehead atoms.